The fraction of sp³-hybridized carbons (Fsp3) is 0.200. The summed E-state index contributed by atoms with van der Waals surface area (Å²) in [6.45, 7) is 2.07. The lowest BCUT2D eigenvalue weighted by Gasteiger charge is -2.14. The van der Waals surface area contributed by atoms with Crippen LogP contribution in [0.15, 0.2) is 52.9 Å². The van der Waals surface area contributed by atoms with Crippen LogP contribution in [0.3, 0.4) is 0 Å². The van der Waals surface area contributed by atoms with E-state index in [1.54, 1.807) is 49.4 Å². The second kappa shape index (κ2) is 7.10. The summed E-state index contributed by atoms with van der Waals surface area (Å²) in [6, 6.07) is 15.8. The highest BCUT2D eigenvalue weighted by Crippen LogP contribution is 2.33. The molecule has 0 saturated heterocycles. The van der Waals surface area contributed by atoms with Crippen LogP contribution in [0, 0.1) is 11.3 Å². The number of fused-ring (bicyclic) bond motifs is 1. The fourth-order valence-electron chi connectivity index (χ4n) is 2.78. The van der Waals surface area contributed by atoms with Crippen LogP contribution in [0.1, 0.15) is 36.1 Å². The molecule has 0 aliphatic carbocycles. The number of phenols is 1. The molecule has 5 heteroatoms. The van der Waals surface area contributed by atoms with Crippen LogP contribution in [0.2, 0.25) is 0 Å². The summed E-state index contributed by atoms with van der Waals surface area (Å²) in [5.74, 6) is 0.113. The van der Waals surface area contributed by atoms with Crippen molar-refractivity contribution in [3.05, 3.63) is 65.4 Å². The zero-order chi connectivity index (χ0) is 17.8. The lowest BCUT2D eigenvalue weighted by molar-refractivity contribution is -0.143. The SMILES string of the molecule is CCOC(=O)CC(c1ccc(O)cc1)c1cc2cc(C#N)ccc2o1. The lowest BCUT2D eigenvalue weighted by atomic mass is 9.93. The smallest absolute Gasteiger partial charge is 0.306 e. The molecule has 1 atom stereocenters. The fourth-order valence-corrected chi connectivity index (χ4v) is 2.78. The molecule has 0 aliphatic heterocycles. The molecule has 1 unspecified atom stereocenters. The van der Waals surface area contributed by atoms with Crippen molar-refractivity contribution in [2.24, 2.45) is 0 Å². The van der Waals surface area contributed by atoms with Gasteiger partial charge in [0.1, 0.15) is 17.1 Å². The van der Waals surface area contributed by atoms with E-state index >= 15 is 0 Å². The summed E-state index contributed by atoms with van der Waals surface area (Å²) in [7, 11) is 0. The Kier molecular flexibility index (Phi) is 4.71. The lowest BCUT2D eigenvalue weighted by Crippen LogP contribution is -2.11. The molecule has 0 amide bonds. The van der Waals surface area contributed by atoms with Gasteiger partial charge in [0.05, 0.1) is 30.6 Å². The highest BCUT2D eigenvalue weighted by atomic mass is 16.5. The van der Waals surface area contributed by atoms with Crippen LogP contribution in [0.25, 0.3) is 11.0 Å². The summed E-state index contributed by atoms with van der Waals surface area (Å²) in [6.07, 6.45) is 0.129. The summed E-state index contributed by atoms with van der Waals surface area (Å²) >= 11 is 0. The molecule has 0 saturated carbocycles. The molecule has 1 aromatic heterocycles. The molecular weight excluding hydrogens is 318 g/mol. The monoisotopic (exact) mass is 335 g/mol. The Morgan fingerprint density at radius 3 is 2.68 bits per heavy atom. The standard InChI is InChI=1S/C20H17NO4/c1-2-24-20(23)11-17(14-4-6-16(22)7-5-14)19-10-15-9-13(12-21)3-8-18(15)25-19/h3-10,17,22H,2,11H2,1H3. The van der Waals surface area contributed by atoms with Gasteiger partial charge in [-0.3, -0.25) is 4.79 Å². The second-order valence-corrected chi connectivity index (χ2v) is 5.67. The normalized spacial score (nSPS) is 11.8. The van der Waals surface area contributed by atoms with Crippen molar-refractivity contribution >= 4 is 16.9 Å². The van der Waals surface area contributed by atoms with Gasteiger partial charge in [0, 0.05) is 5.39 Å². The average molecular weight is 335 g/mol. The highest BCUT2D eigenvalue weighted by molar-refractivity contribution is 5.80. The van der Waals surface area contributed by atoms with Gasteiger partial charge in [0.2, 0.25) is 0 Å². The molecule has 3 rings (SSSR count). The van der Waals surface area contributed by atoms with E-state index < -0.39 is 0 Å². The van der Waals surface area contributed by atoms with Crippen molar-refractivity contribution in [2.45, 2.75) is 19.3 Å². The van der Waals surface area contributed by atoms with E-state index in [1.165, 1.54) is 0 Å². The van der Waals surface area contributed by atoms with E-state index in [-0.39, 0.29) is 24.1 Å². The number of phenolic OH excluding ortho intramolecular Hbond substituents is 1. The van der Waals surface area contributed by atoms with Crippen molar-refractivity contribution in [1.82, 2.24) is 0 Å². The number of hydrogen-bond acceptors (Lipinski definition) is 5. The first-order chi connectivity index (χ1) is 12.1. The third kappa shape index (κ3) is 3.64. The van der Waals surface area contributed by atoms with Crippen LogP contribution >= 0.6 is 0 Å². The number of rotatable bonds is 5. The maximum Gasteiger partial charge on any atom is 0.306 e. The van der Waals surface area contributed by atoms with E-state index in [0.717, 1.165) is 10.9 Å². The van der Waals surface area contributed by atoms with Crippen molar-refractivity contribution in [2.75, 3.05) is 6.61 Å². The molecule has 25 heavy (non-hydrogen) atoms. The first-order valence-corrected chi connectivity index (χ1v) is 7.99. The summed E-state index contributed by atoms with van der Waals surface area (Å²) in [5, 5.41) is 19.3. The zero-order valence-electron chi connectivity index (χ0n) is 13.7. The zero-order valence-corrected chi connectivity index (χ0v) is 13.7. The Morgan fingerprint density at radius 2 is 2.00 bits per heavy atom. The molecule has 0 bridgehead atoms. The second-order valence-electron chi connectivity index (χ2n) is 5.67. The number of benzene rings is 2. The van der Waals surface area contributed by atoms with Crippen LogP contribution in [0.5, 0.6) is 5.75 Å². The maximum atomic E-state index is 12.0. The Morgan fingerprint density at radius 1 is 1.24 bits per heavy atom. The molecule has 1 heterocycles. The number of esters is 1. The number of hydrogen-bond donors (Lipinski definition) is 1. The van der Waals surface area contributed by atoms with E-state index in [4.69, 9.17) is 14.4 Å². The molecule has 0 spiro atoms. The molecule has 5 nitrogen and oxygen atoms in total. The van der Waals surface area contributed by atoms with Gasteiger partial charge in [-0.2, -0.15) is 5.26 Å². The van der Waals surface area contributed by atoms with Gasteiger partial charge >= 0.3 is 5.97 Å². The summed E-state index contributed by atoms with van der Waals surface area (Å²) < 4.78 is 11.0. The minimum absolute atomic E-state index is 0.129. The van der Waals surface area contributed by atoms with Crippen molar-refractivity contribution < 1.29 is 19.1 Å². The minimum atomic E-state index is -0.336. The summed E-state index contributed by atoms with van der Waals surface area (Å²) in [5.41, 5.74) is 2.04. The predicted molar refractivity (Wildman–Crippen MR) is 92.1 cm³/mol. The van der Waals surface area contributed by atoms with Crippen molar-refractivity contribution in [1.29, 1.82) is 5.26 Å². The van der Waals surface area contributed by atoms with Crippen LogP contribution < -0.4 is 0 Å². The van der Waals surface area contributed by atoms with Gasteiger partial charge in [0.15, 0.2) is 0 Å². The third-order valence-corrected chi connectivity index (χ3v) is 3.98. The van der Waals surface area contributed by atoms with Crippen molar-refractivity contribution in [3.8, 4) is 11.8 Å². The quantitative estimate of drug-likeness (QED) is 0.710. The molecular formula is C20H17NO4. The van der Waals surface area contributed by atoms with Gasteiger partial charge in [-0.25, -0.2) is 0 Å². The number of nitriles is 1. The summed E-state index contributed by atoms with van der Waals surface area (Å²) in [4.78, 5) is 12.0. The Balaban J connectivity index is 2.02. The largest absolute Gasteiger partial charge is 0.508 e. The maximum absolute atomic E-state index is 12.0. The molecule has 0 radical (unpaired) electrons. The third-order valence-electron chi connectivity index (χ3n) is 3.98. The topological polar surface area (TPSA) is 83.5 Å². The van der Waals surface area contributed by atoms with E-state index in [1.807, 2.05) is 6.07 Å². The predicted octanol–water partition coefficient (Wildman–Crippen LogP) is 4.10. The van der Waals surface area contributed by atoms with Crippen LogP contribution in [-0.2, 0) is 9.53 Å². The Labute approximate surface area is 145 Å². The number of carbonyl (C=O) groups excluding carboxylic acids is 1. The Hall–Kier alpha value is -3.26. The van der Waals surface area contributed by atoms with Crippen molar-refractivity contribution in [3.63, 3.8) is 0 Å². The van der Waals surface area contributed by atoms with E-state index in [9.17, 15) is 9.90 Å². The average Bonchev–Trinajstić information content (AvgIpc) is 3.03. The molecule has 126 valence electrons. The Bertz CT molecular complexity index is 934. The van der Waals surface area contributed by atoms with Crippen LogP contribution in [0.4, 0.5) is 0 Å². The number of furan rings is 1. The van der Waals surface area contributed by atoms with Gasteiger partial charge in [0.25, 0.3) is 0 Å². The molecule has 1 N–H and O–H groups in total. The van der Waals surface area contributed by atoms with Crippen LogP contribution in [-0.4, -0.2) is 17.7 Å². The van der Waals surface area contributed by atoms with Gasteiger partial charge < -0.3 is 14.3 Å². The highest BCUT2D eigenvalue weighted by Gasteiger charge is 2.23. The number of ether oxygens (including phenoxy) is 1. The first-order valence-electron chi connectivity index (χ1n) is 7.99. The first kappa shape index (κ1) is 16.6. The van der Waals surface area contributed by atoms with Gasteiger partial charge in [-0.1, -0.05) is 12.1 Å². The van der Waals surface area contributed by atoms with Gasteiger partial charge in [-0.15, -0.1) is 0 Å². The molecule has 0 fully saturated rings. The van der Waals surface area contributed by atoms with E-state index in [0.29, 0.717) is 23.5 Å². The number of carbonyl (C=O) groups is 1. The molecule has 2 aromatic carbocycles. The van der Waals surface area contributed by atoms with E-state index in [2.05, 4.69) is 6.07 Å². The number of aromatic hydroxyl groups is 1. The number of nitrogens with zero attached hydrogens (tertiary/aromatic N) is 1. The van der Waals surface area contributed by atoms with Gasteiger partial charge in [-0.05, 0) is 48.9 Å². The minimum Gasteiger partial charge on any atom is -0.508 e. The molecule has 0 aliphatic rings. The molecule has 3 aromatic rings.